The summed E-state index contributed by atoms with van der Waals surface area (Å²) < 4.78 is 37.8. The van der Waals surface area contributed by atoms with Gasteiger partial charge in [-0.1, -0.05) is 13.0 Å². The van der Waals surface area contributed by atoms with Crippen LogP contribution in [0.15, 0.2) is 24.3 Å². The van der Waals surface area contributed by atoms with Crippen molar-refractivity contribution in [2.75, 3.05) is 11.9 Å². The van der Waals surface area contributed by atoms with Gasteiger partial charge in [-0.05, 0) is 30.2 Å². The van der Waals surface area contributed by atoms with Crippen LogP contribution >= 0.6 is 0 Å². The Bertz CT molecular complexity index is 481. The molecule has 0 unspecified atom stereocenters. The fourth-order valence-corrected chi connectivity index (χ4v) is 1.45. The summed E-state index contributed by atoms with van der Waals surface area (Å²) in [5.41, 5.74) is -0.0865. The van der Waals surface area contributed by atoms with E-state index in [4.69, 9.17) is 5.11 Å². The van der Waals surface area contributed by atoms with E-state index in [1.165, 1.54) is 12.1 Å². The predicted molar refractivity (Wildman–Crippen MR) is 66.9 cm³/mol. The zero-order valence-electron chi connectivity index (χ0n) is 10.3. The lowest BCUT2D eigenvalue weighted by Crippen LogP contribution is -2.08. The van der Waals surface area contributed by atoms with Crippen molar-refractivity contribution < 1.29 is 23.1 Å². The molecule has 2 N–H and O–H groups in total. The zero-order valence-corrected chi connectivity index (χ0v) is 10.3. The summed E-state index contributed by atoms with van der Waals surface area (Å²) in [6.45, 7) is 2.39. The van der Waals surface area contributed by atoms with E-state index in [1.807, 2.05) is 6.92 Å². The summed E-state index contributed by atoms with van der Waals surface area (Å²) in [5, 5.41) is 11.4. The molecule has 1 aromatic carbocycles. The fourth-order valence-electron chi connectivity index (χ4n) is 1.45. The monoisotopic (exact) mass is 273 g/mol. The summed E-state index contributed by atoms with van der Waals surface area (Å²) in [4.78, 5) is 10.4. The molecule has 104 valence electrons. The van der Waals surface area contributed by atoms with Crippen molar-refractivity contribution in [3.8, 4) is 0 Å². The van der Waals surface area contributed by atoms with Gasteiger partial charge in [0.1, 0.15) is 0 Å². The highest BCUT2D eigenvalue weighted by molar-refractivity contribution is 5.87. The molecule has 19 heavy (non-hydrogen) atoms. The number of benzene rings is 1. The SMILES string of the molecule is CCCNc1cc(C(F)(F)F)ccc1/C=C/C(=O)O. The maximum Gasteiger partial charge on any atom is 0.416 e. The molecule has 0 saturated carbocycles. The first kappa shape index (κ1) is 15.1. The maximum absolute atomic E-state index is 12.6. The highest BCUT2D eigenvalue weighted by atomic mass is 19.4. The lowest BCUT2D eigenvalue weighted by Gasteiger charge is -2.13. The Morgan fingerprint density at radius 1 is 1.42 bits per heavy atom. The van der Waals surface area contributed by atoms with Crippen LogP contribution in [0.5, 0.6) is 0 Å². The van der Waals surface area contributed by atoms with Gasteiger partial charge in [0, 0.05) is 18.3 Å². The Labute approximate surface area is 108 Å². The van der Waals surface area contributed by atoms with Gasteiger partial charge >= 0.3 is 12.1 Å². The second-order valence-corrected chi connectivity index (χ2v) is 3.90. The number of carboxylic acids is 1. The van der Waals surface area contributed by atoms with Gasteiger partial charge in [-0.15, -0.1) is 0 Å². The quantitative estimate of drug-likeness (QED) is 0.805. The van der Waals surface area contributed by atoms with Crippen molar-refractivity contribution >= 4 is 17.7 Å². The number of anilines is 1. The van der Waals surface area contributed by atoms with Crippen LogP contribution in [-0.4, -0.2) is 17.6 Å². The number of hydrogen-bond acceptors (Lipinski definition) is 2. The number of carboxylic acid groups (broad SMARTS) is 1. The van der Waals surface area contributed by atoms with Crippen LogP contribution in [-0.2, 0) is 11.0 Å². The molecule has 3 nitrogen and oxygen atoms in total. The number of rotatable bonds is 5. The average molecular weight is 273 g/mol. The van der Waals surface area contributed by atoms with E-state index in [2.05, 4.69) is 5.32 Å². The average Bonchev–Trinajstić information content (AvgIpc) is 2.32. The van der Waals surface area contributed by atoms with Crippen LogP contribution < -0.4 is 5.32 Å². The van der Waals surface area contributed by atoms with Crippen LogP contribution in [0.1, 0.15) is 24.5 Å². The summed E-state index contributed by atoms with van der Waals surface area (Å²) in [6, 6.07) is 3.16. The van der Waals surface area contributed by atoms with Crippen molar-refractivity contribution in [2.45, 2.75) is 19.5 Å². The van der Waals surface area contributed by atoms with Crippen molar-refractivity contribution in [2.24, 2.45) is 0 Å². The molecular weight excluding hydrogens is 259 g/mol. The summed E-state index contributed by atoms with van der Waals surface area (Å²) in [7, 11) is 0. The summed E-state index contributed by atoms with van der Waals surface area (Å²) >= 11 is 0. The van der Waals surface area contributed by atoms with Crippen LogP contribution in [0.25, 0.3) is 6.08 Å². The lowest BCUT2D eigenvalue weighted by molar-refractivity contribution is -0.137. The summed E-state index contributed by atoms with van der Waals surface area (Å²) in [6.07, 6.45) is -1.52. The van der Waals surface area contributed by atoms with E-state index < -0.39 is 17.7 Å². The molecule has 0 spiro atoms. The number of halogens is 3. The molecule has 0 fully saturated rings. The topological polar surface area (TPSA) is 49.3 Å². The first-order chi connectivity index (χ1) is 8.84. The van der Waals surface area contributed by atoms with Crippen molar-refractivity contribution in [3.63, 3.8) is 0 Å². The van der Waals surface area contributed by atoms with E-state index in [1.54, 1.807) is 0 Å². The third-order valence-corrected chi connectivity index (χ3v) is 2.35. The Hall–Kier alpha value is -1.98. The maximum atomic E-state index is 12.6. The van der Waals surface area contributed by atoms with Gasteiger partial charge in [-0.3, -0.25) is 0 Å². The largest absolute Gasteiger partial charge is 0.478 e. The number of aliphatic carboxylic acids is 1. The standard InChI is InChI=1S/C13H14F3NO2/c1-2-7-17-11-8-10(13(14,15)16)5-3-9(11)4-6-12(18)19/h3-6,8,17H,2,7H2,1H3,(H,18,19)/b6-4+. The minimum absolute atomic E-state index is 0.272. The highest BCUT2D eigenvalue weighted by Gasteiger charge is 2.30. The molecule has 1 rings (SSSR count). The molecule has 0 atom stereocenters. The Kier molecular flexibility index (Phi) is 4.97. The van der Waals surface area contributed by atoms with Gasteiger partial charge in [-0.25, -0.2) is 4.79 Å². The van der Waals surface area contributed by atoms with E-state index in [-0.39, 0.29) is 5.69 Å². The first-order valence-corrected chi connectivity index (χ1v) is 5.70. The molecule has 0 aliphatic heterocycles. The van der Waals surface area contributed by atoms with Crippen molar-refractivity contribution in [1.29, 1.82) is 0 Å². The third kappa shape index (κ3) is 4.65. The van der Waals surface area contributed by atoms with Crippen LogP contribution in [0, 0.1) is 0 Å². The molecule has 0 aliphatic rings. The second-order valence-electron chi connectivity index (χ2n) is 3.90. The number of hydrogen-bond donors (Lipinski definition) is 2. The molecule has 0 aromatic heterocycles. The van der Waals surface area contributed by atoms with Gasteiger partial charge < -0.3 is 10.4 Å². The van der Waals surface area contributed by atoms with E-state index in [9.17, 15) is 18.0 Å². The molecule has 0 saturated heterocycles. The van der Waals surface area contributed by atoms with Crippen LogP contribution in [0.4, 0.5) is 18.9 Å². The second kappa shape index (κ2) is 6.26. The number of carbonyl (C=O) groups is 1. The molecule has 0 bridgehead atoms. The zero-order chi connectivity index (χ0) is 14.5. The van der Waals surface area contributed by atoms with Crippen LogP contribution in [0.3, 0.4) is 0 Å². The first-order valence-electron chi connectivity index (χ1n) is 5.70. The number of nitrogens with one attached hydrogen (secondary N) is 1. The molecule has 1 aromatic rings. The Balaban J connectivity index is 3.12. The van der Waals surface area contributed by atoms with E-state index in [0.717, 1.165) is 24.6 Å². The van der Waals surface area contributed by atoms with Gasteiger partial charge in [0.25, 0.3) is 0 Å². The van der Waals surface area contributed by atoms with Crippen molar-refractivity contribution in [1.82, 2.24) is 0 Å². The minimum Gasteiger partial charge on any atom is -0.478 e. The highest BCUT2D eigenvalue weighted by Crippen LogP contribution is 2.32. The Morgan fingerprint density at radius 2 is 2.11 bits per heavy atom. The smallest absolute Gasteiger partial charge is 0.416 e. The Morgan fingerprint density at radius 3 is 2.63 bits per heavy atom. The minimum atomic E-state index is -4.42. The van der Waals surface area contributed by atoms with Gasteiger partial charge in [0.05, 0.1) is 5.56 Å². The van der Waals surface area contributed by atoms with Crippen molar-refractivity contribution in [3.05, 3.63) is 35.4 Å². The normalized spacial score (nSPS) is 11.8. The fraction of sp³-hybridized carbons (Fsp3) is 0.308. The molecule has 0 aliphatic carbocycles. The molecule has 0 heterocycles. The van der Waals surface area contributed by atoms with Gasteiger partial charge in [0.15, 0.2) is 0 Å². The van der Waals surface area contributed by atoms with E-state index in [0.29, 0.717) is 12.1 Å². The molecule has 0 radical (unpaired) electrons. The third-order valence-electron chi connectivity index (χ3n) is 2.35. The molecular formula is C13H14F3NO2. The summed E-state index contributed by atoms with van der Waals surface area (Å²) in [5.74, 6) is -1.15. The van der Waals surface area contributed by atoms with E-state index >= 15 is 0 Å². The molecule has 6 heteroatoms. The predicted octanol–water partition coefficient (Wildman–Crippen LogP) is 3.63. The number of alkyl halides is 3. The van der Waals surface area contributed by atoms with Gasteiger partial charge in [-0.2, -0.15) is 13.2 Å². The van der Waals surface area contributed by atoms with Crippen LogP contribution in [0.2, 0.25) is 0 Å². The molecule has 0 amide bonds. The lowest BCUT2D eigenvalue weighted by atomic mass is 10.1. The van der Waals surface area contributed by atoms with Gasteiger partial charge in [0.2, 0.25) is 0 Å².